The summed E-state index contributed by atoms with van der Waals surface area (Å²) in [7, 11) is 0. The van der Waals surface area contributed by atoms with Crippen LogP contribution in [0.2, 0.25) is 0 Å². The molecule has 3 heteroatoms. The summed E-state index contributed by atoms with van der Waals surface area (Å²) in [4.78, 5) is 4.34. The van der Waals surface area contributed by atoms with Crippen molar-refractivity contribution in [3.05, 3.63) is 23.4 Å². The summed E-state index contributed by atoms with van der Waals surface area (Å²) >= 11 is 0. The van der Waals surface area contributed by atoms with Crippen molar-refractivity contribution >= 4 is 5.82 Å². The Morgan fingerprint density at radius 1 is 1.44 bits per heavy atom. The van der Waals surface area contributed by atoms with Gasteiger partial charge in [-0.15, -0.1) is 0 Å². The van der Waals surface area contributed by atoms with Gasteiger partial charge in [0, 0.05) is 12.2 Å². The van der Waals surface area contributed by atoms with Crippen LogP contribution >= 0.6 is 0 Å². The third-order valence-electron chi connectivity index (χ3n) is 2.35. The Morgan fingerprint density at radius 2 is 2.19 bits per heavy atom. The highest BCUT2D eigenvalue weighted by molar-refractivity contribution is 5.44. The molecule has 0 unspecified atom stereocenters. The van der Waals surface area contributed by atoms with Gasteiger partial charge in [0.25, 0.3) is 0 Å². The number of aryl methyl sites for hydroxylation is 1. The fourth-order valence-corrected chi connectivity index (χ4v) is 1.55. The van der Waals surface area contributed by atoms with E-state index in [2.05, 4.69) is 30.2 Å². The minimum absolute atomic E-state index is 0.666. The van der Waals surface area contributed by atoms with E-state index in [0.717, 1.165) is 30.4 Å². The fourth-order valence-electron chi connectivity index (χ4n) is 1.55. The molecule has 0 radical (unpaired) electrons. The van der Waals surface area contributed by atoms with E-state index >= 15 is 0 Å². The van der Waals surface area contributed by atoms with Crippen molar-refractivity contribution in [3.8, 4) is 6.07 Å². The highest BCUT2D eigenvalue weighted by Crippen LogP contribution is 2.10. The predicted molar refractivity (Wildman–Crippen MR) is 66.3 cm³/mol. The summed E-state index contributed by atoms with van der Waals surface area (Å²) in [6.45, 7) is 7.26. The Labute approximate surface area is 97.5 Å². The van der Waals surface area contributed by atoms with Crippen molar-refractivity contribution in [2.24, 2.45) is 5.92 Å². The third kappa shape index (κ3) is 4.31. The highest BCUT2D eigenvalue weighted by atomic mass is 15.0. The van der Waals surface area contributed by atoms with E-state index in [0.29, 0.717) is 5.56 Å². The molecule has 0 amide bonds. The molecule has 0 aliphatic carbocycles. The molecule has 0 atom stereocenters. The van der Waals surface area contributed by atoms with Crippen molar-refractivity contribution in [1.29, 1.82) is 5.26 Å². The summed E-state index contributed by atoms with van der Waals surface area (Å²) in [6.07, 6.45) is 2.35. The first-order chi connectivity index (χ1) is 7.61. The molecule has 86 valence electrons. The lowest BCUT2D eigenvalue weighted by molar-refractivity contribution is 0.566. The summed E-state index contributed by atoms with van der Waals surface area (Å²) in [5, 5.41) is 12.1. The standard InChI is InChI=1S/C13H19N3/c1-10(2)5-4-6-15-13-8-12(9-14)7-11(3)16-13/h7-8,10H,4-6H2,1-3H3,(H,15,16). The molecule has 0 aromatic carbocycles. The molecule has 1 aromatic heterocycles. The lowest BCUT2D eigenvalue weighted by Crippen LogP contribution is -2.05. The Hall–Kier alpha value is -1.56. The van der Waals surface area contributed by atoms with Crippen LogP contribution < -0.4 is 5.32 Å². The predicted octanol–water partition coefficient (Wildman–Crippen LogP) is 3.11. The van der Waals surface area contributed by atoms with Crippen LogP contribution in [0.3, 0.4) is 0 Å². The molecule has 16 heavy (non-hydrogen) atoms. The van der Waals surface area contributed by atoms with Crippen LogP contribution in [-0.2, 0) is 0 Å². The van der Waals surface area contributed by atoms with Crippen molar-refractivity contribution in [2.45, 2.75) is 33.6 Å². The monoisotopic (exact) mass is 217 g/mol. The molecule has 0 bridgehead atoms. The van der Waals surface area contributed by atoms with E-state index in [1.54, 1.807) is 12.1 Å². The SMILES string of the molecule is Cc1cc(C#N)cc(NCCCC(C)C)n1. The quantitative estimate of drug-likeness (QED) is 0.771. The highest BCUT2D eigenvalue weighted by Gasteiger charge is 1.99. The first-order valence-corrected chi connectivity index (χ1v) is 5.74. The van der Waals surface area contributed by atoms with Crippen LogP contribution in [0.4, 0.5) is 5.82 Å². The van der Waals surface area contributed by atoms with Crippen molar-refractivity contribution < 1.29 is 0 Å². The molecule has 0 saturated heterocycles. The van der Waals surface area contributed by atoms with Crippen molar-refractivity contribution in [3.63, 3.8) is 0 Å². The summed E-state index contributed by atoms with van der Waals surface area (Å²) in [5.41, 5.74) is 1.55. The van der Waals surface area contributed by atoms with Gasteiger partial charge < -0.3 is 5.32 Å². The maximum atomic E-state index is 8.83. The van der Waals surface area contributed by atoms with E-state index in [1.165, 1.54) is 6.42 Å². The second-order valence-electron chi connectivity index (χ2n) is 4.46. The lowest BCUT2D eigenvalue weighted by Gasteiger charge is -2.08. The van der Waals surface area contributed by atoms with Crippen LogP contribution in [0.15, 0.2) is 12.1 Å². The van der Waals surface area contributed by atoms with E-state index in [9.17, 15) is 0 Å². The van der Waals surface area contributed by atoms with Gasteiger partial charge in [-0.1, -0.05) is 13.8 Å². The molecular weight excluding hydrogens is 198 g/mol. The Kier molecular flexibility index (Phi) is 4.78. The maximum Gasteiger partial charge on any atom is 0.127 e. The Bertz CT molecular complexity index is 377. The molecule has 0 saturated carbocycles. The minimum atomic E-state index is 0.666. The van der Waals surface area contributed by atoms with Gasteiger partial charge in [-0.2, -0.15) is 5.26 Å². The number of anilines is 1. The molecule has 3 nitrogen and oxygen atoms in total. The molecule has 1 heterocycles. The zero-order valence-corrected chi connectivity index (χ0v) is 10.2. The second-order valence-corrected chi connectivity index (χ2v) is 4.46. The van der Waals surface area contributed by atoms with Crippen molar-refractivity contribution in [2.75, 3.05) is 11.9 Å². The number of nitrogens with zero attached hydrogens (tertiary/aromatic N) is 2. The number of nitriles is 1. The summed E-state index contributed by atoms with van der Waals surface area (Å²) < 4.78 is 0. The minimum Gasteiger partial charge on any atom is -0.370 e. The van der Waals surface area contributed by atoms with Gasteiger partial charge in [-0.3, -0.25) is 0 Å². The fraction of sp³-hybridized carbons (Fsp3) is 0.538. The lowest BCUT2D eigenvalue weighted by atomic mass is 10.1. The van der Waals surface area contributed by atoms with Crippen LogP contribution in [-0.4, -0.2) is 11.5 Å². The second kappa shape index (κ2) is 6.12. The summed E-state index contributed by atoms with van der Waals surface area (Å²) in [5.74, 6) is 1.54. The number of hydrogen-bond donors (Lipinski definition) is 1. The number of hydrogen-bond acceptors (Lipinski definition) is 3. The zero-order chi connectivity index (χ0) is 12.0. The van der Waals surface area contributed by atoms with Crippen LogP contribution in [0.5, 0.6) is 0 Å². The smallest absolute Gasteiger partial charge is 0.127 e. The van der Waals surface area contributed by atoms with E-state index < -0.39 is 0 Å². The average Bonchev–Trinajstić information content (AvgIpc) is 2.23. The van der Waals surface area contributed by atoms with Gasteiger partial charge in [0.15, 0.2) is 0 Å². The van der Waals surface area contributed by atoms with Gasteiger partial charge in [-0.05, 0) is 37.8 Å². The first kappa shape index (κ1) is 12.5. The molecule has 0 fully saturated rings. The van der Waals surface area contributed by atoms with Gasteiger partial charge >= 0.3 is 0 Å². The Balaban J connectivity index is 2.48. The molecule has 0 aliphatic rings. The number of rotatable bonds is 5. The van der Waals surface area contributed by atoms with Crippen molar-refractivity contribution in [1.82, 2.24) is 4.98 Å². The topological polar surface area (TPSA) is 48.7 Å². The molecule has 0 aliphatic heterocycles. The van der Waals surface area contributed by atoms with Gasteiger partial charge in [0.05, 0.1) is 11.6 Å². The van der Waals surface area contributed by atoms with E-state index in [4.69, 9.17) is 5.26 Å². The van der Waals surface area contributed by atoms with Crippen LogP contribution in [0.25, 0.3) is 0 Å². The zero-order valence-electron chi connectivity index (χ0n) is 10.2. The maximum absolute atomic E-state index is 8.83. The number of pyridine rings is 1. The molecule has 1 N–H and O–H groups in total. The summed E-state index contributed by atoms with van der Waals surface area (Å²) in [6, 6.07) is 5.72. The van der Waals surface area contributed by atoms with Crippen LogP contribution in [0.1, 0.15) is 37.9 Å². The van der Waals surface area contributed by atoms with E-state index in [1.807, 2.05) is 6.92 Å². The molecule has 1 aromatic rings. The molecular formula is C13H19N3. The third-order valence-corrected chi connectivity index (χ3v) is 2.35. The number of nitrogens with one attached hydrogen (secondary N) is 1. The average molecular weight is 217 g/mol. The first-order valence-electron chi connectivity index (χ1n) is 5.74. The van der Waals surface area contributed by atoms with Gasteiger partial charge in [-0.25, -0.2) is 4.98 Å². The van der Waals surface area contributed by atoms with E-state index in [-0.39, 0.29) is 0 Å². The molecule has 1 rings (SSSR count). The molecule has 0 spiro atoms. The largest absolute Gasteiger partial charge is 0.370 e. The number of aromatic nitrogens is 1. The van der Waals surface area contributed by atoms with Gasteiger partial charge in [0.2, 0.25) is 0 Å². The van der Waals surface area contributed by atoms with Crippen LogP contribution in [0, 0.1) is 24.2 Å². The normalized spacial score (nSPS) is 10.2. The Morgan fingerprint density at radius 3 is 2.81 bits per heavy atom. The van der Waals surface area contributed by atoms with Gasteiger partial charge in [0.1, 0.15) is 5.82 Å².